The zero-order chi connectivity index (χ0) is 18.2. The van der Waals surface area contributed by atoms with Crippen molar-refractivity contribution in [3.8, 4) is 0 Å². The van der Waals surface area contributed by atoms with E-state index in [1.165, 1.54) is 0 Å². The van der Waals surface area contributed by atoms with E-state index in [2.05, 4.69) is 16.0 Å². The molecule has 7 heteroatoms. The minimum absolute atomic E-state index is 0.113. The summed E-state index contributed by atoms with van der Waals surface area (Å²) in [6.07, 6.45) is 2.58. The predicted octanol–water partition coefficient (Wildman–Crippen LogP) is 2.45. The van der Waals surface area contributed by atoms with Crippen molar-refractivity contribution in [3.63, 3.8) is 0 Å². The van der Waals surface area contributed by atoms with Gasteiger partial charge in [0.25, 0.3) is 5.91 Å². The average Bonchev–Trinajstić information content (AvgIpc) is 3.05. The number of amides is 2. The first-order chi connectivity index (χ1) is 11.9. The summed E-state index contributed by atoms with van der Waals surface area (Å²) in [4.78, 5) is 23.8. The summed E-state index contributed by atoms with van der Waals surface area (Å²) >= 11 is 5.12. The first kappa shape index (κ1) is 19.3. The van der Waals surface area contributed by atoms with Crippen molar-refractivity contribution in [2.24, 2.45) is 5.92 Å². The Morgan fingerprint density at radius 2 is 2.00 bits per heavy atom. The summed E-state index contributed by atoms with van der Waals surface area (Å²) in [5, 5.41) is 8.70. The molecule has 0 aliphatic carbocycles. The summed E-state index contributed by atoms with van der Waals surface area (Å²) in [5.74, 6) is 0.0303. The third-order valence-corrected chi connectivity index (χ3v) is 3.97. The molecular formula is C18H25N3O3S. The van der Waals surface area contributed by atoms with Gasteiger partial charge in [-0.1, -0.05) is 13.8 Å². The Labute approximate surface area is 153 Å². The molecule has 1 fully saturated rings. The van der Waals surface area contributed by atoms with E-state index in [-0.39, 0.29) is 28.9 Å². The fourth-order valence-electron chi connectivity index (χ4n) is 2.53. The Morgan fingerprint density at radius 3 is 2.60 bits per heavy atom. The first-order valence-electron chi connectivity index (χ1n) is 8.54. The molecule has 0 aromatic heterocycles. The fraction of sp³-hybridized carbons (Fsp3) is 0.500. The van der Waals surface area contributed by atoms with Crippen LogP contribution in [0, 0.1) is 5.92 Å². The average molecular weight is 363 g/mol. The molecule has 1 aromatic carbocycles. The number of carbonyl (C=O) groups is 2. The van der Waals surface area contributed by atoms with Crippen LogP contribution in [0.15, 0.2) is 24.3 Å². The Bertz CT molecular complexity index is 610. The highest BCUT2D eigenvalue weighted by atomic mass is 32.1. The number of thiocarbonyl (C=S) groups is 1. The summed E-state index contributed by atoms with van der Waals surface area (Å²) < 4.78 is 5.48. The maximum atomic E-state index is 12.1. The molecule has 0 unspecified atom stereocenters. The molecule has 1 atom stereocenters. The van der Waals surface area contributed by atoms with Gasteiger partial charge in [0.1, 0.15) is 0 Å². The van der Waals surface area contributed by atoms with Crippen molar-refractivity contribution in [2.45, 2.75) is 39.2 Å². The molecule has 2 rings (SSSR count). The zero-order valence-corrected chi connectivity index (χ0v) is 15.4. The Hall–Kier alpha value is -1.99. The maximum Gasteiger partial charge on any atom is 0.251 e. The smallest absolute Gasteiger partial charge is 0.251 e. The van der Waals surface area contributed by atoms with Gasteiger partial charge >= 0.3 is 0 Å². The fourth-order valence-corrected chi connectivity index (χ4v) is 2.76. The topological polar surface area (TPSA) is 79.5 Å². The van der Waals surface area contributed by atoms with Crippen LogP contribution in [0.2, 0.25) is 0 Å². The molecule has 25 heavy (non-hydrogen) atoms. The van der Waals surface area contributed by atoms with Crippen LogP contribution in [0.1, 0.15) is 43.5 Å². The van der Waals surface area contributed by atoms with Gasteiger partial charge in [-0.25, -0.2) is 0 Å². The number of ether oxygens (including phenoxy) is 1. The van der Waals surface area contributed by atoms with Crippen LogP contribution in [0.25, 0.3) is 0 Å². The van der Waals surface area contributed by atoms with E-state index in [0.29, 0.717) is 24.2 Å². The minimum Gasteiger partial charge on any atom is -0.376 e. The van der Waals surface area contributed by atoms with E-state index >= 15 is 0 Å². The van der Waals surface area contributed by atoms with Gasteiger partial charge in [-0.05, 0) is 55.2 Å². The third-order valence-electron chi connectivity index (χ3n) is 3.77. The molecule has 1 aromatic rings. The van der Waals surface area contributed by atoms with Gasteiger partial charge in [-0.2, -0.15) is 0 Å². The Morgan fingerprint density at radius 1 is 1.28 bits per heavy atom. The molecule has 2 amide bonds. The molecule has 1 aliphatic rings. The number of hydrogen-bond acceptors (Lipinski definition) is 4. The molecule has 1 saturated heterocycles. The minimum atomic E-state index is -0.130. The molecule has 0 radical (unpaired) electrons. The van der Waals surface area contributed by atoms with Crippen molar-refractivity contribution in [1.29, 1.82) is 0 Å². The molecule has 1 heterocycles. The lowest BCUT2D eigenvalue weighted by Crippen LogP contribution is -2.34. The van der Waals surface area contributed by atoms with Gasteiger partial charge in [0.2, 0.25) is 5.91 Å². The summed E-state index contributed by atoms with van der Waals surface area (Å²) in [5.41, 5.74) is 1.28. The van der Waals surface area contributed by atoms with Gasteiger partial charge in [-0.15, -0.1) is 0 Å². The van der Waals surface area contributed by atoms with Crippen LogP contribution in [-0.2, 0) is 9.53 Å². The second kappa shape index (κ2) is 9.48. The third kappa shape index (κ3) is 6.80. The summed E-state index contributed by atoms with van der Waals surface area (Å²) in [6.45, 7) is 5.25. The van der Waals surface area contributed by atoms with E-state index < -0.39 is 0 Å². The number of carbonyl (C=O) groups excluding carboxylic acids is 2. The normalized spacial score (nSPS) is 16.5. The van der Waals surface area contributed by atoms with Crippen LogP contribution in [-0.4, -0.2) is 36.2 Å². The van der Waals surface area contributed by atoms with Crippen LogP contribution in [0.3, 0.4) is 0 Å². The SMILES string of the molecule is CC(C)CC(=O)NC(=S)Nc1ccc(C(=O)NC[C@@H]2CCCO2)cc1. The van der Waals surface area contributed by atoms with E-state index in [4.69, 9.17) is 17.0 Å². The summed E-state index contributed by atoms with van der Waals surface area (Å²) in [6, 6.07) is 6.93. The van der Waals surface area contributed by atoms with Gasteiger partial charge in [0.15, 0.2) is 5.11 Å². The molecule has 1 aliphatic heterocycles. The van der Waals surface area contributed by atoms with E-state index in [1.807, 2.05) is 13.8 Å². The van der Waals surface area contributed by atoms with Crippen LogP contribution in [0.4, 0.5) is 5.69 Å². The number of benzene rings is 1. The van der Waals surface area contributed by atoms with Crippen LogP contribution < -0.4 is 16.0 Å². The number of rotatable bonds is 6. The lowest BCUT2D eigenvalue weighted by Gasteiger charge is -2.12. The quantitative estimate of drug-likeness (QED) is 0.677. The number of hydrogen-bond donors (Lipinski definition) is 3. The van der Waals surface area contributed by atoms with Crippen LogP contribution >= 0.6 is 12.2 Å². The van der Waals surface area contributed by atoms with Gasteiger partial charge in [0, 0.05) is 30.8 Å². The molecule has 3 N–H and O–H groups in total. The lowest BCUT2D eigenvalue weighted by atomic mass is 10.1. The highest BCUT2D eigenvalue weighted by Gasteiger charge is 2.16. The number of anilines is 1. The molecular weight excluding hydrogens is 338 g/mol. The second-order valence-electron chi connectivity index (χ2n) is 6.52. The van der Waals surface area contributed by atoms with Crippen LogP contribution in [0.5, 0.6) is 0 Å². The number of nitrogens with one attached hydrogen (secondary N) is 3. The van der Waals surface area contributed by atoms with Gasteiger partial charge in [0.05, 0.1) is 6.10 Å². The first-order valence-corrected chi connectivity index (χ1v) is 8.95. The summed E-state index contributed by atoms with van der Waals surface area (Å²) in [7, 11) is 0. The monoisotopic (exact) mass is 363 g/mol. The maximum absolute atomic E-state index is 12.1. The molecule has 136 valence electrons. The molecule has 6 nitrogen and oxygen atoms in total. The van der Waals surface area contributed by atoms with Crippen molar-refractivity contribution < 1.29 is 14.3 Å². The highest BCUT2D eigenvalue weighted by Crippen LogP contribution is 2.12. The zero-order valence-electron chi connectivity index (χ0n) is 14.6. The van der Waals surface area contributed by atoms with Gasteiger partial charge in [-0.3, -0.25) is 9.59 Å². The predicted molar refractivity (Wildman–Crippen MR) is 102 cm³/mol. The largest absolute Gasteiger partial charge is 0.376 e. The van der Waals surface area contributed by atoms with Gasteiger partial charge < -0.3 is 20.7 Å². The van der Waals surface area contributed by atoms with Crippen molar-refractivity contribution >= 4 is 34.8 Å². The molecule has 0 bridgehead atoms. The highest BCUT2D eigenvalue weighted by molar-refractivity contribution is 7.80. The standard InChI is InChI=1S/C18H25N3O3S/c1-12(2)10-16(22)21-18(25)20-14-7-5-13(6-8-14)17(23)19-11-15-4-3-9-24-15/h5-8,12,15H,3-4,9-11H2,1-2H3,(H,19,23)(H2,20,21,22,25)/t15-/m0/s1. The Balaban J connectivity index is 1.79. The Kier molecular flexibility index (Phi) is 7.33. The lowest BCUT2D eigenvalue weighted by molar-refractivity contribution is -0.120. The van der Waals surface area contributed by atoms with Crippen molar-refractivity contribution in [2.75, 3.05) is 18.5 Å². The van der Waals surface area contributed by atoms with Crippen molar-refractivity contribution in [1.82, 2.24) is 10.6 Å². The second-order valence-corrected chi connectivity index (χ2v) is 6.93. The van der Waals surface area contributed by atoms with E-state index in [0.717, 1.165) is 19.4 Å². The van der Waals surface area contributed by atoms with E-state index in [1.54, 1.807) is 24.3 Å². The van der Waals surface area contributed by atoms with Crippen molar-refractivity contribution in [3.05, 3.63) is 29.8 Å². The molecule has 0 saturated carbocycles. The molecule has 0 spiro atoms. The van der Waals surface area contributed by atoms with E-state index in [9.17, 15) is 9.59 Å².